The van der Waals surface area contributed by atoms with E-state index in [1.807, 2.05) is 0 Å². The van der Waals surface area contributed by atoms with E-state index in [0.717, 1.165) is 18.5 Å². The van der Waals surface area contributed by atoms with Gasteiger partial charge in [-0.1, -0.05) is 37.3 Å². The Morgan fingerprint density at radius 2 is 1.90 bits per heavy atom. The maximum Gasteiger partial charge on any atom is 0.0475 e. The normalized spacial score (nSPS) is 29.3. The second kappa shape index (κ2) is 6.28. The molecule has 2 fully saturated rings. The number of hydrogen-bond donors (Lipinski definition) is 1. The largest absolute Gasteiger partial charge is 0.312 e. The lowest BCUT2D eigenvalue weighted by atomic mass is 9.89. The molecule has 3 rings (SSSR count). The summed E-state index contributed by atoms with van der Waals surface area (Å²) in [5.74, 6) is 0.816. The van der Waals surface area contributed by atoms with Crippen molar-refractivity contribution in [3.8, 4) is 0 Å². The van der Waals surface area contributed by atoms with Crippen molar-refractivity contribution in [1.29, 1.82) is 0 Å². The van der Waals surface area contributed by atoms with Crippen molar-refractivity contribution in [2.75, 3.05) is 13.1 Å². The maximum atomic E-state index is 3.75. The molecule has 20 heavy (non-hydrogen) atoms. The van der Waals surface area contributed by atoms with Crippen LogP contribution in [-0.2, 0) is 0 Å². The molecule has 1 N–H and O–H groups in total. The lowest BCUT2D eigenvalue weighted by molar-refractivity contribution is 0.0669. The predicted octanol–water partition coefficient (Wildman–Crippen LogP) is 3.60. The number of hydrogen-bond acceptors (Lipinski definition) is 2. The molecule has 0 bridgehead atoms. The van der Waals surface area contributed by atoms with Crippen molar-refractivity contribution in [2.24, 2.45) is 5.92 Å². The summed E-state index contributed by atoms with van der Waals surface area (Å²) >= 11 is 0. The molecule has 2 nitrogen and oxygen atoms in total. The number of nitrogens with one attached hydrogen (secondary N) is 1. The van der Waals surface area contributed by atoms with E-state index in [9.17, 15) is 0 Å². The fraction of sp³-hybridized carbons (Fsp3) is 0.667. The third-order valence-electron chi connectivity index (χ3n) is 5.18. The zero-order valence-electron chi connectivity index (χ0n) is 12.9. The van der Waals surface area contributed by atoms with Gasteiger partial charge < -0.3 is 5.32 Å². The van der Waals surface area contributed by atoms with Crippen LogP contribution < -0.4 is 5.32 Å². The van der Waals surface area contributed by atoms with E-state index in [2.05, 4.69) is 54.4 Å². The standard InChI is InChI=1S/C18H28N2/c1-14-7-6-12-20(15(14)2)18(13-19-17-10-11-17)16-8-4-3-5-9-16/h3-5,8-9,14-15,17-19H,6-7,10-13H2,1-2H3. The highest BCUT2D eigenvalue weighted by Gasteiger charge is 2.32. The maximum absolute atomic E-state index is 3.75. The average Bonchev–Trinajstić information content (AvgIpc) is 3.29. The molecule has 1 aliphatic heterocycles. The highest BCUT2D eigenvalue weighted by molar-refractivity contribution is 5.20. The van der Waals surface area contributed by atoms with E-state index < -0.39 is 0 Å². The minimum Gasteiger partial charge on any atom is -0.312 e. The van der Waals surface area contributed by atoms with Crippen LogP contribution in [0.1, 0.15) is 51.1 Å². The predicted molar refractivity (Wildman–Crippen MR) is 84.8 cm³/mol. The lowest BCUT2D eigenvalue weighted by Gasteiger charge is -2.43. The van der Waals surface area contributed by atoms with Crippen LogP contribution in [0.4, 0.5) is 0 Å². The Balaban J connectivity index is 1.76. The first-order valence-electron chi connectivity index (χ1n) is 8.30. The SMILES string of the molecule is CC1CCCN(C(CNC2CC2)c2ccccc2)C1C. The van der Waals surface area contributed by atoms with Gasteiger partial charge in [-0.2, -0.15) is 0 Å². The van der Waals surface area contributed by atoms with Gasteiger partial charge in [0, 0.05) is 24.7 Å². The van der Waals surface area contributed by atoms with E-state index in [-0.39, 0.29) is 0 Å². The Labute approximate surface area is 123 Å². The van der Waals surface area contributed by atoms with Gasteiger partial charge in [-0.05, 0) is 50.6 Å². The molecule has 3 unspecified atom stereocenters. The molecule has 1 aromatic rings. The van der Waals surface area contributed by atoms with E-state index in [4.69, 9.17) is 0 Å². The number of rotatable bonds is 5. The Morgan fingerprint density at radius 1 is 1.15 bits per heavy atom. The molecule has 3 atom stereocenters. The van der Waals surface area contributed by atoms with Gasteiger partial charge in [0.05, 0.1) is 0 Å². The number of likely N-dealkylation sites (tertiary alicyclic amines) is 1. The Bertz CT molecular complexity index is 413. The average molecular weight is 272 g/mol. The third-order valence-corrected chi connectivity index (χ3v) is 5.18. The molecular weight excluding hydrogens is 244 g/mol. The fourth-order valence-electron chi connectivity index (χ4n) is 3.47. The monoisotopic (exact) mass is 272 g/mol. The van der Waals surface area contributed by atoms with Gasteiger partial charge in [0.1, 0.15) is 0 Å². The lowest BCUT2D eigenvalue weighted by Crippen LogP contribution is -2.47. The quantitative estimate of drug-likeness (QED) is 0.881. The first-order chi connectivity index (χ1) is 9.75. The van der Waals surface area contributed by atoms with Crippen LogP contribution in [0.5, 0.6) is 0 Å². The Morgan fingerprint density at radius 3 is 2.60 bits per heavy atom. The zero-order chi connectivity index (χ0) is 13.9. The number of piperidine rings is 1. The van der Waals surface area contributed by atoms with Gasteiger partial charge in [-0.25, -0.2) is 0 Å². The van der Waals surface area contributed by atoms with Crippen molar-refractivity contribution in [3.05, 3.63) is 35.9 Å². The summed E-state index contributed by atoms with van der Waals surface area (Å²) in [6, 6.07) is 13.1. The van der Waals surface area contributed by atoms with E-state index in [1.54, 1.807) is 0 Å². The smallest absolute Gasteiger partial charge is 0.0475 e. The summed E-state index contributed by atoms with van der Waals surface area (Å²) in [6.07, 6.45) is 5.47. The van der Waals surface area contributed by atoms with Gasteiger partial charge in [-0.15, -0.1) is 0 Å². The van der Waals surface area contributed by atoms with Gasteiger partial charge in [0.15, 0.2) is 0 Å². The van der Waals surface area contributed by atoms with Crippen LogP contribution in [0.25, 0.3) is 0 Å². The van der Waals surface area contributed by atoms with E-state index in [0.29, 0.717) is 12.1 Å². The number of benzene rings is 1. The van der Waals surface area contributed by atoms with Gasteiger partial charge in [0.2, 0.25) is 0 Å². The minimum absolute atomic E-state index is 0.537. The molecule has 0 aromatic heterocycles. The highest BCUT2D eigenvalue weighted by atomic mass is 15.2. The van der Waals surface area contributed by atoms with Crippen LogP contribution in [0.3, 0.4) is 0 Å². The third kappa shape index (κ3) is 3.24. The first-order valence-corrected chi connectivity index (χ1v) is 8.30. The van der Waals surface area contributed by atoms with Crippen molar-refractivity contribution in [3.63, 3.8) is 0 Å². The topological polar surface area (TPSA) is 15.3 Å². The molecule has 1 aliphatic carbocycles. The summed E-state index contributed by atoms with van der Waals surface area (Å²) in [6.45, 7) is 7.17. The van der Waals surface area contributed by atoms with Gasteiger partial charge in [0.25, 0.3) is 0 Å². The minimum atomic E-state index is 0.537. The highest BCUT2D eigenvalue weighted by Crippen LogP contribution is 2.32. The van der Waals surface area contributed by atoms with Crippen LogP contribution in [-0.4, -0.2) is 30.1 Å². The molecule has 0 radical (unpaired) electrons. The molecule has 0 amide bonds. The summed E-state index contributed by atoms with van der Waals surface area (Å²) in [7, 11) is 0. The molecule has 0 spiro atoms. The molecule has 2 heteroatoms. The van der Waals surface area contributed by atoms with Crippen LogP contribution in [0.2, 0.25) is 0 Å². The van der Waals surface area contributed by atoms with Crippen LogP contribution >= 0.6 is 0 Å². The van der Waals surface area contributed by atoms with Crippen molar-refractivity contribution >= 4 is 0 Å². The molecular formula is C18H28N2. The Kier molecular flexibility index (Phi) is 4.42. The summed E-state index contributed by atoms with van der Waals surface area (Å²) in [4.78, 5) is 2.74. The summed E-state index contributed by atoms with van der Waals surface area (Å²) < 4.78 is 0. The van der Waals surface area contributed by atoms with Crippen molar-refractivity contribution in [2.45, 2.75) is 57.7 Å². The summed E-state index contributed by atoms with van der Waals surface area (Å²) in [5.41, 5.74) is 1.47. The first kappa shape index (κ1) is 14.1. The van der Waals surface area contributed by atoms with Crippen molar-refractivity contribution in [1.82, 2.24) is 10.2 Å². The van der Waals surface area contributed by atoms with Crippen LogP contribution in [0, 0.1) is 5.92 Å². The second-order valence-corrected chi connectivity index (χ2v) is 6.71. The Hall–Kier alpha value is -0.860. The van der Waals surface area contributed by atoms with Crippen molar-refractivity contribution < 1.29 is 0 Å². The van der Waals surface area contributed by atoms with Gasteiger partial charge in [-0.3, -0.25) is 4.90 Å². The zero-order valence-corrected chi connectivity index (χ0v) is 12.9. The molecule has 2 aliphatic rings. The molecule has 1 saturated carbocycles. The van der Waals surface area contributed by atoms with Gasteiger partial charge >= 0.3 is 0 Å². The molecule has 110 valence electrons. The molecule has 1 saturated heterocycles. The number of nitrogens with zero attached hydrogens (tertiary/aromatic N) is 1. The van der Waals surface area contributed by atoms with E-state index in [1.165, 1.54) is 37.8 Å². The fourth-order valence-corrected chi connectivity index (χ4v) is 3.47. The molecule has 1 aromatic carbocycles. The second-order valence-electron chi connectivity index (χ2n) is 6.71. The van der Waals surface area contributed by atoms with E-state index >= 15 is 0 Å². The molecule has 1 heterocycles. The summed E-state index contributed by atoms with van der Waals surface area (Å²) in [5, 5.41) is 3.75. The van der Waals surface area contributed by atoms with Crippen LogP contribution in [0.15, 0.2) is 30.3 Å².